The molecule has 0 bridgehead atoms. The Balaban J connectivity index is 1.56. The number of hydrogen-bond donors (Lipinski definition) is 2. The van der Waals surface area contributed by atoms with Gasteiger partial charge in [0.05, 0.1) is 23.8 Å². The number of phenolic OH excluding ortho intramolecular Hbond substituents is 1. The van der Waals surface area contributed by atoms with Gasteiger partial charge in [-0.05, 0) is 36.2 Å². The van der Waals surface area contributed by atoms with Crippen LogP contribution < -0.4 is 10.9 Å². The van der Waals surface area contributed by atoms with E-state index in [4.69, 9.17) is 20.8 Å². The Morgan fingerprint density at radius 2 is 1.94 bits per heavy atom. The van der Waals surface area contributed by atoms with Crippen LogP contribution in [0.4, 0.5) is 0 Å². The van der Waals surface area contributed by atoms with E-state index in [0.29, 0.717) is 53.7 Å². The number of carbonyl (C=O) groups is 2. The molecule has 2 heterocycles. The number of aryl methyl sites for hydroxylation is 1. The Kier molecular flexibility index (Phi) is 6.78. The molecule has 8 nitrogen and oxygen atoms in total. The minimum absolute atomic E-state index is 0.0170. The fourth-order valence-electron chi connectivity index (χ4n) is 3.95. The number of morpholine rings is 1. The highest BCUT2D eigenvalue weighted by Gasteiger charge is 2.20. The molecule has 9 heteroatoms. The molecule has 1 saturated heterocycles. The highest BCUT2D eigenvalue weighted by Crippen LogP contribution is 2.36. The zero-order valence-electron chi connectivity index (χ0n) is 18.0. The summed E-state index contributed by atoms with van der Waals surface area (Å²) in [5, 5.41) is 13.3. The average Bonchev–Trinajstić information content (AvgIpc) is 2.82. The normalized spacial score (nSPS) is 14.4. The van der Waals surface area contributed by atoms with Crippen LogP contribution in [0.1, 0.15) is 26.3 Å². The molecular weight excluding hydrogens is 448 g/mol. The lowest BCUT2D eigenvalue weighted by molar-refractivity contribution is 0.0383. The maximum absolute atomic E-state index is 12.7. The second kappa shape index (κ2) is 9.74. The zero-order valence-corrected chi connectivity index (χ0v) is 18.8. The van der Waals surface area contributed by atoms with Crippen LogP contribution in [-0.4, -0.2) is 61.6 Å². The van der Waals surface area contributed by atoms with Crippen molar-refractivity contribution in [2.75, 3.05) is 39.4 Å². The first-order valence-electron chi connectivity index (χ1n) is 10.5. The lowest BCUT2D eigenvalue weighted by atomic mass is 9.97. The monoisotopic (exact) mass is 470 g/mol. The predicted molar refractivity (Wildman–Crippen MR) is 124 cm³/mol. The summed E-state index contributed by atoms with van der Waals surface area (Å²) in [5.74, 6) is -0.631. The maximum atomic E-state index is 12.7. The van der Waals surface area contributed by atoms with Crippen LogP contribution in [0.3, 0.4) is 0 Å². The van der Waals surface area contributed by atoms with Gasteiger partial charge in [0.15, 0.2) is 11.9 Å². The Morgan fingerprint density at radius 1 is 1.24 bits per heavy atom. The van der Waals surface area contributed by atoms with Crippen molar-refractivity contribution in [1.29, 1.82) is 0 Å². The molecule has 0 atom stereocenters. The van der Waals surface area contributed by atoms with Crippen LogP contribution in [0.5, 0.6) is 5.75 Å². The van der Waals surface area contributed by atoms with E-state index >= 15 is 0 Å². The molecule has 0 unspecified atom stereocenters. The highest BCUT2D eigenvalue weighted by molar-refractivity contribution is 6.33. The molecule has 1 aliphatic rings. The van der Waals surface area contributed by atoms with Gasteiger partial charge in [-0.2, -0.15) is 0 Å². The molecule has 0 spiro atoms. The molecule has 2 N–H and O–H groups in total. The van der Waals surface area contributed by atoms with Crippen LogP contribution in [0.25, 0.3) is 22.1 Å². The van der Waals surface area contributed by atoms with Crippen LogP contribution in [0, 0.1) is 6.92 Å². The highest BCUT2D eigenvalue weighted by atomic mass is 35.5. The van der Waals surface area contributed by atoms with Gasteiger partial charge in [0.2, 0.25) is 0 Å². The Hall–Kier alpha value is -3.20. The number of hydrogen-bond acceptors (Lipinski definition) is 7. The van der Waals surface area contributed by atoms with Gasteiger partial charge in [0.25, 0.3) is 5.91 Å². The van der Waals surface area contributed by atoms with Gasteiger partial charge in [0, 0.05) is 37.1 Å². The van der Waals surface area contributed by atoms with Crippen LogP contribution in [0.2, 0.25) is 5.02 Å². The van der Waals surface area contributed by atoms with Crippen LogP contribution >= 0.6 is 11.6 Å². The number of ether oxygens (including phenoxy) is 1. The van der Waals surface area contributed by atoms with Crippen molar-refractivity contribution in [3.63, 3.8) is 0 Å². The van der Waals surface area contributed by atoms with Crippen molar-refractivity contribution >= 4 is 34.8 Å². The molecule has 1 aromatic heterocycles. The second-order valence-electron chi connectivity index (χ2n) is 7.79. The molecule has 33 heavy (non-hydrogen) atoms. The molecule has 1 amide bonds. The molecule has 4 rings (SSSR count). The SMILES string of the molecule is Cc1c(-c2ccc(C(=O)NCCN3CCOCC3)cc2)c(=O)oc2c(C=O)c(O)c(Cl)cc12. The first-order valence-corrected chi connectivity index (χ1v) is 10.9. The number of nitrogens with zero attached hydrogens (tertiary/aromatic N) is 1. The Labute approximate surface area is 194 Å². The largest absolute Gasteiger partial charge is 0.505 e. The molecular formula is C24H23ClN2O6. The summed E-state index contributed by atoms with van der Waals surface area (Å²) in [6.45, 7) is 6.13. The Morgan fingerprint density at radius 3 is 2.61 bits per heavy atom. The van der Waals surface area contributed by atoms with Crippen molar-refractivity contribution < 1.29 is 23.8 Å². The van der Waals surface area contributed by atoms with Crippen molar-refractivity contribution in [1.82, 2.24) is 10.2 Å². The number of nitrogens with one attached hydrogen (secondary N) is 1. The van der Waals surface area contributed by atoms with E-state index in [0.717, 1.165) is 19.6 Å². The minimum atomic E-state index is -0.660. The molecule has 3 aromatic rings. The van der Waals surface area contributed by atoms with Crippen molar-refractivity contribution in [3.05, 3.63) is 62.5 Å². The van der Waals surface area contributed by atoms with Crippen LogP contribution in [0.15, 0.2) is 39.5 Å². The molecule has 1 aliphatic heterocycles. The quantitative estimate of drug-likeness (QED) is 0.421. The average molecular weight is 471 g/mol. The number of aromatic hydroxyl groups is 1. The van der Waals surface area contributed by atoms with Gasteiger partial charge >= 0.3 is 5.63 Å². The van der Waals surface area contributed by atoms with Gasteiger partial charge in [0.1, 0.15) is 11.3 Å². The van der Waals surface area contributed by atoms with Crippen LogP contribution in [-0.2, 0) is 4.74 Å². The van der Waals surface area contributed by atoms with Gasteiger partial charge in [-0.1, -0.05) is 23.7 Å². The minimum Gasteiger partial charge on any atom is -0.505 e. The summed E-state index contributed by atoms with van der Waals surface area (Å²) < 4.78 is 10.7. The number of amides is 1. The third-order valence-corrected chi connectivity index (χ3v) is 6.08. The predicted octanol–water partition coefficient (Wildman–Crippen LogP) is 3.00. The van der Waals surface area contributed by atoms with Gasteiger partial charge in [-0.15, -0.1) is 0 Å². The smallest absolute Gasteiger partial charge is 0.344 e. The lowest BCUT2D eigenvalue weighted by Crippen LogP contribution is -2.41. The third kappa shape index (κ3) is 4.64. The summed E-state index contributed by atoms with van der Waals surface area (Å²) in [6, 6.07) is 8.08. The van der Waals surface area contributed by atoms with Gasteiger partial charge in [-0.25, -0.2) is 4.79 Å². The van der Waals surface area contributed by atoms with E-state index in [9.17, 15) is 19.5 Å². The molecule has 0 radical (unpaired) electrons. The summed E-state index contributed by atoms with van der Waals surface area (Å²) >= 11 is 6.05. The molecule has 1 fully saturated rings. The Bertz CT molecular complexity index is 1260. The topological polar surface area (TPSA) is 109 Å². The van der Waals surface area contributed by atoms with Crippen molar-refractivity contribution in [2.45, 2.75) is 6.92 Å². The second-order valence-corrected chi connectivity index (χ2v) is 8.20. The van der Waals surface area contributed by atoms with E-state index in [1.165, 1.54) is 6.07 Å². The summed E-state index contributed by atoms with van der Waals surface area (Å²) in [5.41, 5.74) is 1.02. The van der Waals surface area contributed by atoms with E-state index in [-0.39, 0.29) is 22.1 Å². The van der Waals surface area contributed by atoms with Crippen molar-refractivity contribution in [3.8, 4) is 16.9 Å². The van der Waals surface area contributed by atoms with Crippen molar-refractivity contribution in [2.24, 2.45) is 0 Å². The van der Waals surface area contributed by atoms with Gasteiger partial charge < -0.3 is 19.6 Å². The fourth-order valence-corrected chi connectivity index (χ4v) is 4.16. The molecule has 172 valence electrons. The zero-order chi connectivity index (χ0) is 23.5. The van der Waals surface area contributed by atoms with E-state index in [1.54, 1.807) is 31.2 Å². The summed E-state index contributed by atoms with van der Waals surface area (Å²) in [7, 11) is 0. The fraction of sp³-hybridized carbons (Fsp3) is 0.292. The number of fused-ring (bicyclic) bond motifs is 1. The maximum Gasteiger partial charge on any atom is 0.344 e. The lowest BCUT2D eigenvalue weighted by Gasteiger charge is -2.26. The first-order chi connectivity index (χ1) is 15.9. The number of rotatable bonds is 6. The standard InChI is InChI=1S/C24H23ClN2O6/c1-14-17-12-19(25)21(29)18(13-28)22(17)33-24(31)20(14)15-2-4-16(5-3-15)23(30)26-6-7-27-8-10-32-11-9-27/h2-5,12-13,29H,6-11H2,1H3,(H,26,30). The molecule has 0 saturated carbocycles. The molecule has 2 aromatic carbocycles. The summed E-state index contributed by atoms with van der Waals surface area (Å²) in [6.07, 6.45) is 0.401. The number of carbonyl (C=O) groups excluding carboxylic acids is 2. The first kappa shape index (κ1) is 23.0. The number of benzene rings is 2. The summed E-state index contributed by atoms with van der Waals surface area (Å²) in [4.78, 5) is 38.9. The van der Waals surface area contributed by atoms with E-state index in [2.05, 4.69) is 10.2 Å². The number of halogens is 1. The number of phenols is 1. The van der Waals surface area contributed by atoms with E-state index in [1.807, 2.05) is 0 Å². The number of aldehydes is 1. The van der Waals surface area contributed by atoms with Gasteiger partial charge in [-0.3, -0.25) is 14.5 Å². The van der Waals surface area contributed by atoms with E-state index < -0.39 is 11.4 Å². The molecule has 0 aliphatic carbocycles. The third-order valence-electron chi connectivity index (χ3n) is 5.79.